The highest BCUT2D eigenvalue weighted by Crippen LogP contribution is 2.28. The summed E-state index contributed by atoms with van der Waals surface area (Å²) in [7, 11) is 0. The van der Waals surface area contributed by atoms with E-state index in [1.54, 1.807) is 48.5 Å². The van der Waals surface area contributed by atoms with E-state index < -0.39 is 11.8 Å². The average Bonchev–Trinajstić information content (AvgIpc) is 2.43. The molecule has 0 heterocycles. The molecule has 2 N–H and O–H groups in total. The van der Waals surface area contributed by atoms with Gasteiger partial charge in [0.25, 0.3) is 0 Å². The summed E-state index contributed by atoms with van der Waals surface area (Å²) in [4.78, 5) is 24.6. The van der Waals surface area contributed by atoms with Gasteiger partial charge in [-0.1, -0.05) is 31.9 Å². The van der Waals surface area contributed by atoms with Crippen LogP contribution in [0.5, 0.6) is 0 Å². The third-order valence-corrected chi connectivity index (χ3v) is 3.64. The summed E-state index contributed by atoms with van der Waals surface area (Å²) >= 11 is 6.65. The molecule has 0 spiro atoms. The van der Waals surface area contributed by atoms with Crippen molar-refractivity contribution in [2.45, 2.75) is 0 Å². The van der Waals surface area contributed by atoms with E-state index in [4.69, 9.17) is 5.73 Å². The van der Waals surface area contributed by atoms with E-state index >= 15 is 0 Å². The number of hydrogen-bond donors (Lipinski definition) is 1. The molecular formula is C14H10Br2N2O2. The van der Waals surface area contributed by atoms with Gasteiger partial charge in [-0.25, -0.2) is 0 Å². The molecule has 20 heavy (non-hydrogen) atoms. The molecule has 2 amide bonds. The van der Waals surface area contributed by atoms with Crippen LogP contribution in [0, 0.1) is 0 Å². The fourth-order valence-corrected chi connectivity index (χ4v) is 2.20. The van der Waals surface area contributed by atoms with Crippen molar-refractivity contribution in [3.05, 3.63) is 57.5 Å². The summed E-state index contributed by atoms with van der Waals surface area (Å²) in [6, 6.07) is 14.1. The third kappa shape index (κ3) is 3.26. The molecule has 0 unspecified atom stereocenters. The fourth-order valence-electron chi connectivity index (χ4n) is 1.67. The van der Waals surface area contributed by atoms with Gasteiger partial charge in [0.05, 0.1) is 0 Å². The Kier molecular flexibility index (Phi) is 4.57. The van der Waals surface area contributed by atoms with Crippen LogP contribution in [0.4, 0.5) is 11.4 Å². The molecule has 4 nitrogen and oxygen atoms in total. The van der Waals surface area contributed by atoms with Gasteiger partial charge in [-0.05, 0) is 48.5 Å². The van der Waals surface area contributed by atoms with E-state index in [-0.39, 0.29) is 0 Å². The first-order valence-electron chi connectivity index (χ1n) is 5.64. The van der Waals surface area contributed by atoms with Crippen molar-refractivity contribution in [3.8, 4) is 0 Å². The zero-order chi connectivity index (χ0) is 14.7. The van der Waals surface area contributed by atoms with Crippen molar-refractivity contribution in [3.63, 3.8) is 0 Å². The number of rotatable bonds is 2. The number of amides is 2. The van der Waals surface area contributed by atoms with Crippen molar-refractivity contribution in [2.75, 3.05) is 4.90 Å². The van der Waals surface area contributed by atoms with Crippen LogP contribution in [0.2, 0.25) is 0 Å². The lowest BCUT2D eigenvalue weighted by Crippen LogP contribution is -2.37. The van der Waals surface area contributed by atoms with Crippen LogP contribution >= 0.6 is 31.9 Å². The molecule has 0 radical (unpaired) electrons. The second-order valence-electron chi connectivity index (χ2n) is 3.96. The molecule has 0 aliphatic heterocycles. The number of benzene rings is 2. The molecule has 0 saturated heterocycles. The smallest absolute Gasteiger partial charge is 0.320 e. The molecule has 0 bridgehead atoms. The van der Waals surface area contributed by atoms with Gasteiger partial charge < -0.3 is 5.73 Å². The van der Waals surface area contributed by atoms with Gasteiger partial charge in [-0.15, -0.1) is 0 Å². The van der Waals surface area contributed by atoms with Gasteiger partial charge in [-0.2, -0.15) is 0 Å². The number of nitrogens with two attached hydrogens (primary N) is 1. The average molecular weight is 398 g/mol. The minimum Gasteiger partial charge on any atom is -0.361 e. The van der Waals surface area contributed by atoms with Crippen LogP contribution in [0.3, 0.4) is 0 Å². The highest BCUT2D eigenvalue weighted by molar-refractivity contribution is 9.10. The molecule has 0 fully saturated rings. The van der Waals surface area contributed by atoms with Gasteiger partial charge in [0.2, 0.25) is 0 Å². The van der Waals surface area contributed by atoms with Gasteiger partial charge in [0.1, 0.15) is 0 Å². The van der Waals surface area contributed by atoms with E-state index in [0.717, 1.165) is 8.95 Å². The number of carbonyl (C=O) groups excluding carboxylic acids is 2. The Morgan fingerprint density at radius 3 is 1.45 bits per heavy atom. The predicted molar refractivity (Wildman–Crippen MR) is 84.6 cm³/mol. The second-order valence-corrected chi connectivity index (χ2v) is 5.79. The Balaban J connectivity index is 2.49. The van der Waals surface area contributed by atoms with Gasteiger partial charge in [0.15, 0.2) is 0 Å². The monoisotopic (exact) mass is 396 g/mol. The Labute approximate surface area is 132 Å². The number of nitrogens with zero attached hydrogens (tertiary/aromatic N) is 1. The standard InChI is InChI=1S/C14H10Br2N2O2/c15-9-1-5-11(6-2-9)18(14(20)13(17)19)12-7-3-10(16)4-8-12/h1-8H,(H2,17,19). The molecule has 0 aliphatic rings. The summed E-state index contributed by atoms with van der Waals surface area (Å²) in [5.41, 5.74) is 6.26. The maximum atomic E-state index is 12.0. The normalized spacial score (nSPS) is 10.1. The molecule has 0 atom stereocenters. The quantitative estimate of drug-likeness (QED) is 0.789. The zero-order valence-corrected chi connectivity index (χ0v) is 13.4. The van der Waals surface area contributed by atoms with Crippen molar-refractivity contribution >= 4 is 55.0 Å². The van der Waals surface area contributed by atoms with Gasteiger partial charge >= 0.3 is 11.8 Å². The maximum Gasteiger partial charge on any atom is 0.320 e. The maximum absolute atomic E-state index is 12.0. The van der Waals surface area contributed by atoms with E-state index in [2.05, 4.69) is 31.9 Å². The van der Waals surface area contributed by atoms with E-state index in [1.807, 2.05) is 0 Å². The zero-order valence-electron chi connectivity index (χ0n) is 10.2. The number of halogens is 2. The first-order valence-corrected chi connectivity index (χ1v) is 7.22. The van der Waals surface area contributed by atoms with E-state index in [9.17, 15) is 9.59 Å². The van der Waals surface area contributed by atoms with Crippen molar-refractivity contribution in [1.29, 1.82) is 0 Å². The van der Waals surface area contributed by atoms with Crippen LogP contribution in [-0.4, -0.2) is 11.8 Å². The molecule has 6 heteroatoms. The summed E-state index contributed by atoms with van der Waals surface area (Å²) in [5.74, 6) is -1.79. The summed E-state index contributed by atoms with van der Waals surface area (Å²) in [6.07, 6.45) is 0. The molecule has 2 rings (SSSR count). The SMILES string of the molecule is NC(=O)C(=O)N(c1ccc(Br)cc1)c1ccc(Br)cc1. The van der Waals surface area contributed by atoms with Crippen LogP contribution in [0.15, 0.2) is 57.5 Å². The van der Waals surface area contributed by atoms with Gasteiger partial charge in [0, 0.05) is 20.3 Å². The third-order valence-electron chi connectivity index (χ3n) is 2.58. The van der Waals surface area contributed by atoms with Crippen LogP contribution in [-0.2, 0) is 9.59 Å². The molecule has 0 aromatic heterocycles. The van der Waals surface area contributed by atoms with E-state index in [0.29, 0.717) is 11.4 Å². The second kappa shape index (κ2) is 6.19. The molecule has 0 saturated carbocycles. The fraction of sp³-hybridized carbons (Fsp3) is 0. The van der Waals surface area contributed by atoms with Crippen molar-refractivity contribution in [2.24, 2.45) is 5.73 Å². The number of hydrogen-bond acceptors (Lipinski definition) is 2. The summed E-state index contributed by atoms with van der Waals surface area (Å²) < 4.78 is 1.76. The van der Waals surface area contributed by atoms with Crippen molar-refractivity contribution < 1.29 is 9.59 Å². The predicted octanol–water partition coefficient (Wildman–Crippen LogP) is 3.36. The molecule has 2 aromatic carbocycles. The van der Waals surface area contributed by atoms with Crippen LogP contribution in [0.25, 0.3) is 0 Å². The minimum absolute atomic E-state index is 0.569. The first kappa shape index (κ1) is 14.7. The lowest BCUT2D eigenvalue weighted by atomic mass is 10.2. The number of anilines is 2. The Bertz CT molecular complexity index is 594. The lowest BCUT2D eigenvalue weighted by molar-refractivity contribution is -0.135. The molecular weight excluding hydrogens is 388 g/mol. The highest BCUT2D eigenvalue weighted by atomic mass is 79.9. The van der Waals surface area contributed by atoms with Crippen LogP contribution in [0.1, 0.15) is 0 Å². The molecule has 102 valence electrons. The van der Waals surface area contributed by atoms with Gasteiger partial charge in [-0.3, -0.25) is 14.5 Å². The largest absolute Gasteiger partial charge is 0.361 e. The number of primary amides is 1. The van der Waals surface area contributed by atoms with Crippen LogP contribution < -0.4 is 10.6 Å². The molecule has 0 aliphatic carbocycles. The van der Waals surface area contributed by atoms with E-state index in [1.165, 1.54) is 4.90 Å². The Hall–Kier alpha value is -1.66. The highest BCUT2D eigenvalue weighted by Gasteiger charge is 2.22. The lowest BCUT2D eigenvalue weighted by Gasteiger charge is -2.21. The summed E-state index contributed by atoms with van der Waals surface area (Å²) in [6.45, 7) is 0. The first-order chi connectivity index (χ1) is 9.49. The molecule has 2 aromatic rings. The topological polar surface area (TPSA) is 63.4 Å². The number of carbonyl (C=O) groups is 2. The minimum atomic E-state index is -1.00. The summed E-state index contributed by atoms with van der Waals surface area (Å²) in [5, 5.41) is 0. The Morgan fingerprint density at radius 2 is 1.15 bits per heavy atom. The Morgan fingerprint density at radius 1 is 0.800 bits per heavy atom. The van der Waals surface area contributed by atoms with Crippen molar-refractivity contribution in [1.82, 2.24) is 0 Å².